The van der Waals surface area contributed by atoms with Crippen LogP contribution in [0.3, 0.4) is 0 Å². The quantitative estimate of drug-likeness (QED) is 0.253. The van der Waals surface area contributed by atoms with Gasteiger partial charge in [0, 0.05) is 22.8 Å². The average Bonchev–Trinajstić information content (AvgIpc) is 3.16. The zero-order chi connectivity index (χ0) is 26.5. The molecule has 4 rings (SSSR count). The van der Waals surface area contributed by atoms with Crippen LogP contribution in [0.5, 0.6) is 17.2 Å². The van der Waals surface area contributed by atoms with Crippen molar-refractivity contribution in [2.24, 2.45) is 5.92 Å². The van der Waals surface area contributed by atoms with E-state index in [0.717, 1.165) is 5.56 Å². The maximum absolute atomic E-state index is 13.8. The minimum Gasteiger partial charge on any atom is -0.872 e. The Kier molecular flexibility index (Phi) is 7.77. The van der Waals surface area contributed by atoms with Gasteiger partial charge in [0.2, 0.25) is 5.78 Å². The van der Waals surface area contributed by atoms with Crippen molar-refractivity contribution in [2.45, 2.75) is 26.4 Å². The lowest BCUT2D eigenvalue weighted by Gasteiger charge is -2.28. The number of Topliss-reactive ketones (excluding diaryl/α,β-unsaturated/α-hetero) is 1. The minimum atomic E-state index is -0.963. The zero-order valence-electron chi connectivity index (χ0n) is 21.3. The van der Waals surface area contributed by atoms with E-state index in [9.17, 15) is 14.7 Å². The van der Waals surface area contributed by atoms with Crippen LogP contribution in [-0.2, 0) is 16.1 Å². The molecule has 0 bridgehead atoms. The second-order valence-electron chi connectivity index (χ2n) is 9.16. The zero-order valence-corrected chi connectivity index (χ0v) is 21.3. The van der Waals surface area contributed by atoms with Crippen molar-refractivity contribution in [1.82, 2.24) is 4.90 Å². The number of aromatic nitrogens is 1. The van der Waals surface area contributed by atoms with E-state index in [1.165, 1.54) is 19.1 Å². The Morgan fingerprint density at radius 2 is 1.76 bits per heavy atom. The lowest BCUT2D eigenvalue weighted by Crippen LogP contribution is -2.30. The van der Waals surface area contributed by atoms with Crippen molar-refractivity contribution in [3.8, 4) is 17.2 Å². The molecule has 0 spiro atoms. The highest BCUT2D eigenvalue weighted by atomic mass is 16.5. The summed E-state index contributed by atoms with van der Waals surface area (Å²) >= 11 is 0. The van der Waals surface area contributed by atoms with Gasteiger partial charge in [-0.1, -0.05) is 31.7 Å². The predicted octanol–water partition coefficient (Wildman–Crippen LogP) is 2.98. The number of nitrogens with one attached hydrogen (secondary N) is 1. The molecule has 1 aliphatic rings. The average molecular weight is 503 g/mol. The number of rotatable bonds is 9. The largest absolute Gasteiger partial charge is 0.872 e. The number of hydrogen-bond acceptors (Lipinski definition) is 6. The molecule has 1 amide bonds. The summed E-state index contributed by atoms with van der Waals surface area (Å²) in [4.78, 5) is 31.0. The molecule has 37 heavy (non-hydrogen) atoms. The number of ether oxygens (including phenoxy) is 3. The van der Waals surface area contributed by atoms with Crippen LogP contribution in [0.4, 0.5) is 0 Å². The molecule has 1 aliphatic heterocycles. The molecular weight excluding hydrogens is 472 g/mol. The number of H-pyrrole nitrogens is 1. The Balaban J connectivity index is 1.83. The number of ketones is 1. The number of carbonyl (C=O) groups excluding carboxylic acids is 2. The topological polar surface area (TPSA) is 102 Å². The SMILES string of the molecule is COc1ccc(OC)c(C2C(=C([O-])c3ccc(OCC(C)C)cc3)C(=O)C(=O)N2Cc2ccc[nH+]c2)c1. The van der Waals surface area contributed by atoms with Gasteiger partial charge in [0.1, 0.15) is 17.2 Å². The summed E-state index contributed by atoms with van der Waals surface area (Å²) in [5.41, 5.74) is 1.42. The van der Waals surface area contributed by atoms with E-state index < -0.39 is 23.5 Å². The van der Waals surface area contributed by atoms with Gasteiger partial charge in [0.25, 0.3) is 5.91 Å². The smallest absolute Gasteiger partial charge is 0.295 e. The van der Waals surface area contributed by atoms with E-state index in [2.05, 4.69) is 4.98 Å². The van der Waals surface area contributed by atoms with Gasteiger partial charge in [-0.25, -0.2) is 4.98 Å². The standard InChI is InChI=1S/C29H30N2O6/c1-18(2)17-37-21-9-7-20(8-10-21)27(32)25-26(23-14-22(35-3)11-12-24(23)36-4)31(29(34)28(25)33)16-19-6-5-13-30-15-19/h5-15,18,26,32H,16-17H2,1-4H3. The van der Waals surface area contributed by atoms with E-state index in [-0.39, 0.29) is 17.7 Å². The number of carbonyl (C=O) groups is 2. The molecule has 1 N–H and O–H groups in total. The highest BCUT2D eigenvalue weighted by Crippen LogP contribution is 2.44. The molecule has 0 aliphatic carbocycles. The number of pyridine rings is 1. The first-order valence-electron chi connectivity index (χ1n) is 12.0. The van der Waals surface area contributed by atoms with Gasteiger partial charge < -0.3 is 24.2 Å². The highest BCUT2D eigenvalue weighted by molar-refractivity contribution is 6.46. The van der Waals surface area contributed by atoms with Crippen LogP contribution in [-0.4, -0.2) is 37.4 Å². The lowest BCUT2D eigenvalue weighted by molar-refractivity contribution is -0.378. The van der Waals surface area contributed by atoms with E-state index in [1.807, 2.05) is 19.9 Å². The van der Waals surface area contributed by atoms with Crippen molar-refractivity contribution in [2.75, 3.05) is 20.8 Å². The third-order valence-corrected chi connectivity index (χ3v) is 6.09. The number of likely N-dealkylation sites (tertiary alicyclic amines) is 1. The second-order valence-corrected chi connectivity index (χ2v) is 9.16. The summed E-state index contributed by atoms with van der Waals surface area (Å²) in [5.74, 6) is -0.192. The summed E-state index contributed by atoms with van der Waals surface area (Å²) in [7, 11) is 3.02. The van der Waals surface area contributed by atoms with Crippen LogP contribution >= 0.6 is 0 Å². The number of benzene rings is 2. The van der Waals surface area contributed by atoms with E-state index in [0.29, 0.717) is 35.3 Å². The Hall–Kier alpha value is -4.33. The molecule has 1 saturated heterocycles. The third kappa shape index (κ3) is 5.43. The number of amides is 1. The first kappa shape index (κ1) is 25.8. The van der Waals surface area contributed by atoms with E-state index in [1.54, 1.807) is 60.9 Å². The van der Waals surface area contributed by atoms with E-state index >= 15 is 0 Å². The molecule has 8 heteroatoms. The molecule has 1 atom stereocenters. The van der Waals surface area contributed by atoms with Crippen LogP contribution in [0.2, 0.25) is 0 Å². The van der Waals surface area contributed by atoms with Gasteiger partial charge in [-0.3, -0.25) is 9.59 Å². The van der Waals surface area contributed by atoms with Crippen LogP contribution < -0.4 is 24.3 Å². The molecule has 1 fully saturated rings. The Bertz CT molecular complexity index is 1300. The van der Waals surface area contributed by atoms with Gasteiger partial charge >= 0.3 is 0 Å². The molecule has 1 unspecified atom stereocenters. The molecule has 8 nitrogen and oxygen atoms in total. The predicted molar refractivity (Wildman–Crippen MR) is 135 cm³/mol. The third-order valence-electron chi connectivity index (χ3n) is 6.09. The van der Waals surface area contributed by atoms with Gasteiger partial charge in [-0.05, 0) is 47.9 Å². The lowest BCUT2D eigenvalue weighted by atomic mass is 9.94. The molecular formula is C29H30N2O6. The second kappa shape index (κ2) is 11.2. The summed E-state index contributed by atoms with van der Waals surface area (Å²) in [5, 5.41) is 13.8. The first-order valence-corrected chi connectivity index (χ1v) is 12.0. The molecule has 3 aromatic rings. The van der Waals surface area contributed by atoms with Gasteiger partial charge in [0.15, 0.2) is 12.4 Å². The summed E-state index contributed by atoms with van der Waals surface area (Å²) < 4.78 is 16.7. The fourth-order valence-electron chi connectivity index (χ4n) is 4.26. The van der Waals surface area contributed by atoms with Crippen molar-refractivity contribution in [1.29, 1.82) is 0 Å². The normalized spacial score (nSPS) is 16.8. The summed E-state index contributed by atoms with van der Waals surface area (Å²) in [6.45, 7) is 4.75. The maximum atomic E-state index is 13.8. The number of nitrogens with zero attached hydrogens (tertiary/aromatic N) is 1. The number of methoxy groups -OCH3 is 2. The van der Waals surface area contributed by atoms with E-state index in [4.69, 9.17) is 14.2 Å². The van der Waals surface area contributed by atoms with Gasteiger partial charge in [-0.2, -0.15) is 0 Å². The molecule has 2 aromatic carbocycles. The first-order chi connectivity index (χ1) is 17.8. The highest BCUT2D eigenvalue weighted by Gasteiger charge is 2.45. The molecule has 192 valence electrons. The van der Waals surface area contributed by atoms with Gasteiger partial charge in [-0.15, -0.1) is 0 Å². The van der Waals surface area contributed by atoms with Gasteiger partial charge in [0.05, 0.1) is 33.4 Å². The van der Waals surface area contributed by atoms with Crippen molar-refractivity contribution in [3.63, 3.8) is 0 Å². The van der Waals surface area contributed by atoms with Crippen molar-refractivity contribution < 1.29 is 33.9 Å². The Morgan fingerprint density at radius 1 is 1.03 bits per heavy atom. The molecule has 1 aromatic heterocycles. The van der Waals surface area contributed by atoms with Crippen LogP contribution in [0, 0.1) is 5.92 Å². The number of hydrogen-bond donors (Lipinski definition) is 0. The fourth-order valence-corrected chi connectivity index (χ4v) is 4.26. The fraction of sp³-hybridized carbons (Fsp3) is 0.276. The molecule has 0 saturated carbocycles. The molecule has 0 radical (unpaired) electrons. The Labute approximate surface area is 216 Å². The summed E-state index contributed by atoms with van der Waals surface area (Å²) in [6, 6.07) is 14.4. The number of aromatic amines is 1. The van der Waals surface area contributed by atoms with Crippen LogP contribution in [0.15, 0.2) is 72.6 Å². The van der Waals surface area contributed by atoms with Crippen molar-refractivity contribution >= 4 is 17.4 Å². The van der Waals surface area contributed by atoms with Crippen LogP contribution in [0.1, 0.15) is 36.6 Å². The maximum Gasteiger partial charge on any atom is 0.295 e. The summed E-state index contributed by atoms with van der Waals surface area (Å²) in [6.07, 6.45) is 3.49. The van der Waals surface area contributed by atoms with Crippen molar-refractivity contribution in [3.05, 3.63) is 89.3 Å². The minimum absolute atomic E-state index is 0.117. The Morgan fingerprint density at radius 3 is 2.38 bits per heavy atom. The molecule has 2 heterocycles. The monoisotopic (exact) mass is 502 g/mol. The van der Waals surface area contributed by atoms with Crippen LogP contribution in [0.25, 0.3) is 5.76 Å².